The van der Waals surface area contributed by atoms with Crippen molar-refractivity contribution in [3.8, 4) is 11.5 Å². The molecule has 1 N–H and O–H groups in total. The monoisotopic (exact) mass is 562 g/mol. The summed E-state index contributed by atoms with van der Waals surface area (Å²) in [7, 11) is 1.56. The average Bonchev–Trinajstić information content (AvgIpc) is 3.14. The number of carbonyl (C=O) groups excluding carboxylic acids is 1. The molecule has 8 nitrogen and oxygen atoms in total. The lowest BCUT2D eigenvalue weighted by Crippen LogP contribution is -2.50. The molecule has 0 aliphatic carbocycles. The predicted octanol–water partition coefficient (Wildman–Crippen LogP) is 7.14. The number of hydrogen-bond donors (Lipinski definition) is 1. The number of carbonyl (C=O) groups is 1. The second kappa shape index (κ2) is 10.3. The third-order valence-corrected chi connectivity index (χ3v) is 7.58. The largest absolute Gasteiger partial charge is 0.493 e. The first-order valence-corrected chi connectivity index (χ1v) is 13.2. The van der Waals surface area contributed by atoms with Gasteiger partial charge < -0.3 is 24.4 Å². The zero-order chi connectivity index (χ0) is 27.2. The predicted molar refractivity (Wildman–Crippen MR) is 144 cm³/mol. The molecule has 3 heterocycles. The van der Waals surface area contributed by atoms with Crippen LogP contribution in [0.25, 0.3) is 10.9 Å². The molecule has 2 saturated heterocycles. The van der Waals surface area contributed by atoms with E-state index in [1.807, 2.05) is 25.7 Å². The molecule has 2 aliphatic heterocycles. The number of aromatic nitrogens is 2. The topological polar surface area (TPSA) is 85.8 Å². The van der Waals surface area contributed by atoms with Crippen LogP contribution >= 0.6 is 23.2 Å². The molecule has 3 atom stereocenters. The Balaban J connectivity index is 1.40. The van der Waals surface area contributed by atoms with Gasteiger partial charge in [0.15, 0.2) is 17.3 Å². The fourth-order valence-electron chi connectivity index (χ4n) is 5.18. The first-order chi connectivity index (χ1) is 18.0. The Morgan fingerprint density at radius 2 is 1.82 bits per heavy atom. The van der Waals surface area contributed by atoms with Gasteiger partial charge in [-0.3, -0.25) is 0 Å². The summed E-state index contributed by atoms with van der Waals surface area (Å²) >= 11 is 11.9. The number of halogens is 3. The highest BCUT2D eigenvalue weighted by molar-refractivity contribution is 6.42. The smallest absolute Gasteiger partial charge is 0.410 e. The van der Waals surface area contributed by atoms with Crippen molar-refractivity contribution >= 4 is 51.7 Å². The summed E-state index contributed by atoms with van der Waals surface area (Å²) in [6.45, 7) is 5.62. The summed E-state index contributed by atoms with van der Waals surface area (Å²) in [6, 6.07) is 6.65. The number of piperidine rings is 1. The number of amides is 1. The Kier molecular flexibility index (Phi) is 7.17. The lowest BCUT2D eigenvalue weighted by Gasteiger charge is -2.39. The van der Waals surface area contributed by atoms with Crippen LogP contribution in [0.15, 0.2) is 30.6 Å². The van der Waals surface area contributed by atoms with Gasteiger partial charge in [0.05, 0.1) is 28.4 Å². The van der Waals surface area contributed by atoms with Crippen LogP contribution in [0.2, 0.25) is 10.0 Å². The number of nitrogens with one attached hydrogen (secondary N) is 1. The Bertz CT molecular complexity index is 1370. The van der Waals surface area contributed by atoms with E-state index in [0.29, 0.717) is 41.1 Å². The Hall–Kier alpha value is -3.04. The van der Waals surface area contributed by atoms with Crippen LogP contribution < -0.4 is 14.8 Å². The van der Waals surface area contributed by atoms with Crippen LogP contribution in [0.5, 0.6) is 11.5 Å². The molecule has 2 fully saturated rings. The van der Waals surface area contributed by atoms with Crippen LogP contribution in [-0.2, 0) is 4.74 Å². The van der Waals surface area contributed by atoms with Crippen LogP contribution in [0, 0.1) is 5.82 Å². The fourth-order valence-corrected chi connectivity index (χ4v) is 5.49. The molecule has 1 aromatic heterocycles. The summed E-state index contributed by atoms with van der Waals surface area (Å²) in [6.07, 6.45) is 4.18. The zero-order valence-corrected chi connectivity index (χ0v) is 23.1. The van der Waals surface area contributed by atoms with Crippen molar-refractivity contribution in [1.82, 2.24) is 14.9 Å². The minimum absolute atomic E-state index is 0.0539. The second-order valence-electron chi connectivity index (χ2n) is 10.6. The summed E-state index contributed by atoms with van der Waals surface area (Å²) in [4.78, 5) is 23.3. The fraction of sp³-hybridized carbons (Fsp3) is 0.444. The minimum atomic E-state index is -0.678. The number of fused-ring (bicyclic) bond motifs is 3. The molecule has 0 spiro atoms. The molecule has 0 radical (unpaired) electrons. The van der Waals surface area contributed by atoms with Gasteiger partial charge in [-0.1, -0.05) is 23.2 Å². The molecule has 1 unspecified atom stereocenters. The number of methoxy groups -OCH3 is 1. The van der Waals surface area contributed by atoms with Crippen molar-refractivity contribution in [2.75, 3.05) is 12.4 Å². The highest BCUT2D eigenvalue weighted by Gasteiger charge is 2.45. The molecule has 202 valence electrons. The van der Waals surface area contributed by atoms with Crippen molar-refractivity contribution in [3.05, 3.63) is 46.5 Å². The molecule has 3 aromatic rings. The maximum atomic E-state index is 14.7. The van der Waals surface area contributed by atoms with Gasteiger partial charge in [-0.05, 0) is 51.8 Å². The second-order valence-corrected chi connectivity index (χ2v) is 11.4. The van der Waals surface area contributed by atoms with E-state index in [-0.39, 0.29) is 40.0 Å². The van der Waals surface area contributed by atoms with E-state index < -0.39 is 11.4 Å². The van der Waals surface area contributed by atoms with Gasteiger partial charge in [-0.25, -0.2) is 19.2 Å². The Morgan fingerprint density at radius 3 is 2.47 bits per heavy atom. The van der Waals surface area contributed by atoms with Crippen molar-refractivity contribution in [1.29, 1.82) is 0 Å². The van der Waals surface area contributed by atoms with Crippen molar-refractivity contribution < 1.29 is 23.4 Å². The summed E-state index contributed by atoms with van der Waals surface area (Å²) in [5.41, 5.74) is 0.173. The molecule has 5 rings (SSSR count). The van der Waals surface area contributed by atoms with E-state index in [9.17, 15) is 9.18 Å². The van der Waals surface area contributed by atoms with E-state index in [0.717, 1.165) is 12.8 Å². The molecule has 38 heavy (non-hydrogen) atoms. The van der Waals surface area contributed by atoms with Crippen LogP contribution in [0.3, 0.4) is 0 Å². The maximum absolute atomic E-state index is 14.7. The number of rotatable bonds is 5. The zero-order valence-electron chi connectivity index (χ0n) is 21.6. The number of anilines is 2. The maximum Gasteiger partial charge on any atom is 0.410 e. The lowest BCUT2D eigenvalue weighted by molar-refractivity contribution is -0.00734. The van der Waals surface area contributed by atoms with E-state index in [1.165, 1.54) is 18.5 Å². The third-order valence-electron chi connectivity index (χ3n) is 6.80. The van der Waals surface area contributed by atoms with E-state index in [4.69, 9.17) is 37.4 Å². The van der Waals surface area contributed by atoms with Crippen molar-refractivity contribution in [2.45, 2.75) is 70.2 Å². The highest BCUT2D eigenvalue weighted by atomic mass is 35.5. The molecule has 2 aromatic carbocycles. The van der Waals surface area contributed by atoms with Gasteiger partial charge in [0.2, 0.25) is 0 Å². The molecular weight excluding hydrogens is 534 g/mol. The highest BCUT2D eigenvalue weighted by Crippen LogP contribution is 2.41. The number of benzene rings is 2. The van der Waals surface area contributed by atoms with Gasteiger partial charge in [-0.2, -0.15) is 0 Å². The van der Waals surface area contributed by atoms with Crippen LogP contribution in [0.1, 0.15) is 46.5 Å². The van der Waals surface area contributed by atoms with Crippen LogP contribution in [0.4, 0.5) is 20.7 Å². The lowest BCUT2D eigenvalue weighted by atomic mass is 10.00. The standard InChI is InChI=1S/C27H29Cl2FN4O4/c1-27(2,3)38-26(35)34-14-5-6-15(34)10-16(9-14)37-22-11-17-20(12-21(22)36-4)31-13-32-25(17)33-19-8-7-18(28)23(29)24(19)30/h7-8,11-16H,5-6,9-10H2,1-4H3,(H,31,32,33)/t14-,15+,16?. The molecule has 1 amide bonds. The average molecular weight is 563 g/mol. The first-order valence-electron chi connectivity index (χ1n) is 12.5. The molecule has 11 heteroatoms. The quantitative estimate of drug-likeness (QED) is 0.331. The SMILES string of the molecule is COc1cc2ncnc(Nc3ccc(Cl)c(Cl)c3F)c2cc1OC1C[C@H]2CC[C@@H](C1)N2C(=O)OC(C)(C)C. The first kappa shape index (κ1) is 26.6. The van der Waals surface area contributed by atoms with Gasteiger partial charge in [0, 0.05) is 36.4 Å². The van der Waals surface area contributed by atoms with Crippen LogP contribution in [-0.4, -0.2) is 51.9 Å². The molecule has 2 aliphatic rings. The van der Waals surface area contributed by atoms with E-state index in [2.05, 4.69) is 15.3 Å². The van der Waals surface area contributed by atoms with E-state index in [1.54, 1.807) is 19.2 Å². The summed E-state index contributed by atoms with van der Waals surface area (Å²) < 4.78 is 32.4. The number of nitrogens with zero attached hydrogens (tertiary/aromatic N) is 3. The normalized spacial score (nSPS) is 20.9. The van der Waals surface area contributed by atoms with Crippen molar-refractivity contribution in [3.63, 3.8) is 0 Å². The minimum Gasteiger partial charge on any atom is -0.493 e. The van der Waals surface area contributed by atoms with Gasteiger partial charge in [-0.15, -0.1) is 0 Å². The van der Waals surface area contributed by atoms with Gasteiger partial charge in [0.25, 0.3) is 0 Å². The van der Waals surface area contributed by atoms with Gasteiger partial charge in [0.1, 0.15) is 23.9 Å². The third kappa shape index (κ3) is 5.27. The van der Waals surface area contributed by atoms with Gasteiger partial charge >= 0.3 is 6.09 Å². The molecule has 0 saturated carbocycles. The van der Waals surface area contributed by atoms with Crippen molar-refractivity contribution in [2.24, 2.45) is 0 Å². The number of hydrogen-bond acceptors (Lipinski definition) is 7. The Morgan fingerprint density at radius 1 is 1.11 bits per heavy atom. The summed E-state index contributed by atoms with van der Waals surface area (Å²) in [5, 5.41) is 3.55. The number of ether oxygens (including phenoxy) is 3. The summed E-state index contributed by atoms with van der Waals surface area (Å²) in [5.74, 6) is 0.732. The molecule has 2 bridgehead atoms. The van der Waals surface area contributed by atoms with E-state index >= 15 is 0 Å². The Labute approximate surface area is 230 Å². The molecular formula is C27H29Cl2FN4O4.